The topological polar surface area (TPSA) is 148 Å². The predicted molar refractivity (Wildman–Crippen MR) is 132 cm³/mol. The van der Waals surface area contributed by atoms with Crippen LogP contribution in [-0.4, -0.2) is 28.4 Å². The Balaban J connectivity index is 1.77. The van der Waals surface area contributed by atoms with Crippen molar-refractivity contribution < 1.29 is 33.6 Å². The molecule has 3 aromatic rings. The molecule has 0 radical (unpaired) electrons. The Hall–Kier alpha value is -4.80. The fraction of sp³-hybridized carbons (Fsp3) is 0.231. The van der Waals surface area contributed by atoms with Gasteiger partial charge < -0.3 is 14.2 Å². The van der Waals surface area contributed by atoms with Crippen LogP contribution in [0.3, 0.4) is 0 Å². The number of hydrogen-bond acceptors (Lipinski definition) is 9. The van der Waals surface area contributed by atoms with E-state index in [1.165, 1.54) is 54.6 Å². The average Bonchev–Trinajstić information content (AvgIpc) is 2.84. The molecule has 0 aliphatic heterocycles. The third-order valence-corrected chi connectivity index (χ3v) is 4.95. The first-order chi connectivity index (χ1) is 17.6. The molecule has 0 heterocycles. The summed E-state index contributed by atoms with van der Waals surface area (Å²) in [7, 11) is 0. The van der Waals surface area contributed by atoms with Crippen LogP contribution in [0.1, 0.15) is 25.0 Å². The molecule has 0 atom stereocenters. The second-order valence-electron chi connectivity index (χ2n) is 8.44. The number of esters is 2. The number of benzene rings is 3. The molecule has 3 aromatic carbocycles. The summed E-state index contributed by atoms with van der Waals surface area (Å²) in [5.41, 5.74) is 0.786. The number of nitro benzene ring substituents is 2. The number of non-ortho nitro benzene ring substituents is 2. The lowest BCUT2D eigenvalue weighted by atomic mass is 10.1. The van der Waals surface area contributed by atoms with Gasteiger partial charge in [-0.3, -0.25) is 29.8 Å². The third kappa shape index (κ3) is 7.85. The Morgan fingerprint density at radius 3 is 1.65 bits per heavy atom. The predicted octanol–water partition coefficient (Wildman–Crippen LogP) is 4.83. The highest BCUT2D eigenvalue weighted by Crippen LogP contribution is 2.38. The van der Waals surface area contributed by atoms with Crippen LogP contribution in [-0.2, 0) is 22.4 Å². The molecule has 3 rings (SSSR count). The third-order valence-electron chi connectivity index (χ3n) is 4.95. The van der Waals surface area contributed by atoms with E-state index in [1.807, 2.05) is 13.8 Å². The fourth-order valence-corrected chi connectivity index (χ4v) is 3.16. The number of para-hydroxylation sites is 1. The second-order valence-corrected chi connectivity index (χ2v) is 8.44. The van der Waals surface area contributed by atoms with Gasteiger partial charge in [0.1, 0.15) is 0 Å². The first-order valence-electron chi connectivity index (χ1n) is 11.3. The molecular weight excluding hydrogens is 484 g/mol. The summed E-state index contributed by atoms with van der Waals surface area (Å²) in [6.45, 7) is 4.19. The summed E-state index contributed by atoms with van der Waals surface area (Å²) in [5, 5.41) is 21.7. The standard InChI is InChI=1S/C26H24N2O9/c1-17(2)16-35-22-4-3-5-23(36-24(29)14-18-6-10-20(11-7-18)27(31)32)26(22)37-25(30)15-19-8-12-21(13-9-19)28(33)34/h3-13,17H,14-16H2,1-2H3. The van der Waals surface area contributed by atoms with Crippen LogP contribution < -0.4 is 14.2 Å². The monoisotopic (exact) mass is 508 g/mol. The maximum atomic E-state index is 12.7. The van der Waals surface area contributed by atoms with E-state index in [0.29, 0.717) is 17.7 Å². The Bertz CT molecular complexity index is 1290. The number of nitrogens with zero attached hydrogens (tertiary/aromatic N) is 2. The summed E-state index contributed by atoms with van der Waals surface area (Å²) < 4.78 is 16.8. The van der Waals surface area contributed by atoms with Gasteiger partial charge in [0.15, 0.2) is 11.5 Å². The molecule has 0 aliphatic carbocycles. The molecule has 37 heavy (non-hydrogen) atoms. The lowest BCUT2D eigenvalue weighted by molar-refractivity contribution is -0.385. The van der Waals surface area contributed by atoms with Gasteiger partial charge in [-0.15, -0.1) is 0 Å². The van der Waals surface area contributed by atoms with E-state index in [0.717, 1.165) is 0 Å². The van der Waals surface area contributed by atoms with Crippen LogP contribution in [0.15, 0.2) is 66.7 Å². The molecule has 0 bridgehead atoms. The molecule has 0 saturated heterocycles. The largest absolute Gasteiger partial charge is 0.489 e. The van der Waals surface area contributed by atoms with E-state index in [-0.39, 0.29) is 47.4 Å². The highest BCUT2D eigenvalue weighted by Gasteiger charge is 2.20. The van der Waals surface area contributed by atoms with Crippen molar-refractivity contribution in [2.45, 2.75) is 26.7 Å². The smallest absolute Gasteiger partial charge is 0.315 e. The summed E-state index contributed by atoms with van der Waals surface area (Å²) >= 11 is 0. The Morgan fingerprint density at radius 1 is 0.730 bits per heavy atom. The van der Waals surface area contributed by atoms with Crippen molar-refractivity contribution in [3.8, 4) is 17.2 Å². The van der Waals surface area contributed by atoms with Crippen molar-refractivity contribution in [3.63, 3.8) is 0 Å². The molecule has 0 aliphatic rings. The van der Waals surface area contributed by atoms with Gasteiger partial charge in [0.25, 0.3) is 11.4 Å². The number of nitro groups is 2. The van der Waals surface area contributed by atoms with E-state index >= 15 is 0 Å². The van der Waals surface area contributed by atoms with Crippen molar-refractivity contribution in [2.75, 3.05) is 6.61 Å². The van der Waals surface area contributed by atoms with Gasteiger partial charge in [-0.25, -0.2) is 0 Å². The Labute approximate surface area is 211 Å². The minimum Gasteiger partial charge on any atom is -0.489 e. The molecule has 0 unspecified atom stereocenters. The van der Waals surface area contributed by atoms with Crippen LogP contribution in [0.2, 0.25) is 0 Å². The number of carbonyl (C=O) groups is 2. The minimum atomic E-state index is -0.692. The Kier molecular flexibility index (Phi) is 8.87. The molecular formula is C26H24N2O9. The van der Waals surface area contributed by atoms with E-state index in [4.69, 9.17) is 14.2 Å². The van der Waals surface area contributed by atoms with Gasteiger partial charge >= 0.3 is 11.9 Å². The van der Waals surface area contributed by atoms with Crippen molar-refractivity contribution in [1.29, 1.82) is 0 Å². The molecule has 0 saturated carbocycles. The molecule has 0 fully saturated rings. The SMILES string of the molecule is CC(C)COc1cccc(OC(=O)Cc2ccc([N+](=O)[O-])cc2)c1OC(=O)Cc1ccc([N+](=O)[O-])cc1. The Morgan fingerprint density at radius 2 is 1.19 bits per heavy atom. The summed E-state index contributed by atoms with van der Waals surface area (Å²) in [6.07, 6.45) is -0.363. The van der Waals surface area contributed by atoms with Crippen LogP contribution in [0.5, 0.6) is 17.2 Å². The number of rotatable bonds is 11. The van der Waals surface area contributed by atoms with Crippen molar-refractivity contribution in [2.24, 2.45) is 5.92 Å². The van der Waals surface area contributed by atoms with Crippen LogP contribution in [0.4, 0.5) is 11.4 Å². The molecule has 11 heteroatoms. The lowest BCUT2D eigenvalue weighted by Crippen LogP contribution is -2.16. The van der Waals surface area contributed by atoms with Crippen molar-refractivity contribution >= 4 is 23.3 Å². The number of ether oxygens (including phenoxy) is 3. The van der Waals surface area contributed by atoms with Gasteiger partial charge in [-0.05, 0) is 29.2 Å². The van der Waals surface area contributed by atoms with E-state index in [1.54, 1.807) is 12.1 Å². The summed E-state index contributed by atoms with van der Waals surface area (Å²) in [6, 6.07) is 15.5. The normalized spacial score (nSPS) is 10.6. The highest BCUT2D eigenvalue weighted by atomic mass is 16.6. The highest BCUT2D eigenvalue weighted by molar-refractivity contribution is 5.80. The van der Waals surface area contributed by atoms with E-state index < -0.39 is 21.8 Å². The molecule has 11 nitrogen and oxygen atoms in total. The molecule has 192 valence electrons. The lowest BCUT2D eigenvalue weighted by Gasteiger charge is -2.16. The maximum absolute atomic E-state index is 12.7. The van der Waals surface area contributed by atoms with Crippen molar-refractivity contribution in [1.82, 2.24) is 0 Å². The maximum Gasteiger partial charge on any atom is 0.315 e. The minimum absolute atomic E-state index is 0.0368. The van der Waals surface area contributed by atoms with E-state index in [2.05, 4.69) is 0 Å². The molecule has 0 N–H and O–H groups in total. The zero-order chi connectivity index (χ0) is 26.9. The quantitative estimate of drug-likeness (QED) is 0.154. The van der Waals surface area contributed by atoms with E-state index in [9.17, 15) is 29.8 Å². The van der Waals surface area contributed by atoms with Gasteiger partial charge in [0.05, 0.1) is 29.3 Å². The first-order valence-corrected chi connectivity index (χ1v) is 11.3. The summed E-state index contributed by atoms with van der Waals surface area (Å²) in [4.78, 5) is 45.9. The fourth-order valence-electron chi connectivity index (χ4n) is 3.16. The van der Waals surface area contributed by atoms with Crippen LogP contribution in [0.25, 0.3) is 0 Å². The molecule has 0 spiro atoms. The van der Waals surface area contributed by atoms with Gasteiger partial charge in [-0.1, -0.05) is 44.2 Å². The number of hydrogen-bond donors (Lipinski definition) is 0. The van der Waals surface area contributed by atoms with Crippen molar-refractivity contribution in [3.05, 3.63) is 98.1 Å². The average molecular weight is 508 g/mol. The zero-order valence-corrected chi connectivity index (χ0v) is 20.1. The van der Waals surface area contributed by atoms with Crippen LogP contribution in [0, 0.1) is 26.1 Å². The molecule has 0 aromatic heterocycles. The molecule has 0 amide bonds. The zero-order valence-electron chi connectivity index (χ0n) is 20.1. The number of carbonyl (C=O) groups excluding carboxylic acids is 2. The van der Waals surface area contributed by atoms with Gasteiger partial charge in [0, 0.05) is 24.3 Å². The van der Waals surface area contributed by atoms with Gasteiger partial charge in [0.2, 0.25) is 5.75 Å². The van der Waals surface area contributed by atoms with Crippen LogP contribution >= 0.6 is 0 Å². The van der Waals surface area contributed by atoms with Gasteiger partial charge in [-0.2, -0.15) is 0 Å². The summed E-state index contributed by atoms with van der Waals surface area (Å²) in [5.74, 6) is -1.12. The first kappa shape index (κ1) is 26.8. The second kappa shape index (κ2) is 12.2.